The lowest BCUT2D eigenvalue weighted by atomic mass is 10.1. The molecule has 0 saturated carbocycles. The van der Waals surface area contributed by atoms with Crippen LogP contribution in [-0.4, -0.2) is 30.3 Å². The Balaban J connectivity index is 1.51. The third-order valence-corrected chi connectivity index (χ3v) is 4.23. The fraction of sp³-hybridized carbons (Fsp3) is 0.158. The van der Waals surface area contributed by atoms with Crippen LogP contribution in [0.25, 0.3) is 22.7 Å². The van der Waals surface area contributed by atoms with Crippen molar-refractivity contribution in [2.24, 2.45) is 0 Å². The first kappa shape index (κ1) is 18.8. The highest BCUT2D eigenvalue weighted by Crippen LogP contribution is 2.25. The van der Waals surface area contributed by atoms with Gasteiger partial charge in [0, 0.05) is 16.7 Å². The first-order valence-electron chi connectivity index (χ1n) is 8.54. The highest BCUT2D eigenvalue weighted by atomic mass is 19.3. The van der Waals surface area contributed by atoms with Gasteiger partial charge in [-0.05, 0) is 17.7 Å². The standard InChI is InChI=1S/C19H14F3N5O2/c20-15-7-13(18-24-25-19(29-18)17(21)22)5-6-14(15)8-27-9-16(23-26-27)12-3-1-11(10-28)2-4-12/h1-7,9,17,28H,8,10H2. The molecular weight excluding hydrogens is 387 g/mol. The number of benzene rings is 2. The third-order valence-electron chi connectivity index (χ3n) is 4.23. The second-order valence-corrected chi connectivity index (χ2v) is 6.21. The minimum Gasteiger partial charge on any atom is -0.415 e. The van der Waals surface area contributed by atoms with Crippen molar-refractivity contribution in [3.8, 4) is 22.7 Å². The molecule has 0 atom stereocenters. The number of aromatic nitrogens is 5. The SMILES string of the molecule is OCc1ccc(-c2cn(Cc3ccc(-c4nnc(C(F)F)o4)cc3F)nn2)cc1. The number of nitrogens with zero attached hydrogens (tertiary/aromatic N) is 5. The molecule has 2 heterocycles. The smallest absolute Gasteiger partial charge is 0.314 e. The summed E-state index contributed by atoms with van der Waals surface area (Å²) in [5.74, 6) is -1.56. The first-order chi connectivity index (χ1) is 14.0. The molecule has 0 fully saturated rings. The molecule has 0 amide bonds. The van der Waals surface area contributed by atoms with E-state index in [9.17, 15) is 13.2 Å². The molecule has 2 aromatic heterocycles. The summed E-state index contributed by atoms with van der Waals surface area (Å²) in [4.78, 5) is 0. The zero-order valence-corrected chi connectivity index (χ0v) is 14.8. The Hall–Kier alpha value is -3.53. The van der Waals surface area contributed by atoms with Crippen LogP contribution in [0.3, 0.4) is 0 Å². The van der Waals surface area contributed by atoms with Crippen LogP contribution in [0.1, 0.15) is 23.4 Å². The summed E-state index contributed by atoms with van der Waals surface area (Å²) in [6.45, 7) is 0.0786. The van der Waals surface area contributed by atoms with Crippen molar-refractivity contribution in [1.82, 2.24) is 25.2 Å². The van der Waals surface area contributed by atoms with Gasteiger partial charge in [-0.25, -0.2) is 9.07 Å². The van der Waals surface area contributed by atoms with Gasteiger partial charge >= 0.3 is 6.43 Å². The summed E-state index contributed by atoms with van der Waals surface area (Å²) in [6.07, 6.45) is -1.21. The predicted molar refractivity (Wildman–Crippen MR) is 95.1 cm³/mol. The van der Waals surface area contributed by atoms with Crippen LogP contribution in [0.4, 0.5) is 13.2 Å². The van der Waals surface area contributed by atoms with E-state index in [0.29, 0.717) is 11.3 Å². The average Bonchev–Trinajstić information content (AvgIpc) is 3.40. The minimum atomic E-state index is -2.89. The van der Waals surface area contributed by atoms with Gasteiger partial charge in [-0.1, -0.05) is 35.5 Å². The normalized spacial score (nSPS) is 11.3. The largest absolute Gasteiger partial charge is 0.415 e. The monoisotopic (exact) mass is 401 g/mol. The number of alkyl halides is 2. The maximum Gasteiger partial charge on any atom is 0.314 e. The fourth-order valence-corrected chi connectivity index (χ4v) is 2.71. The molecule has 4 aromatic rings. The van der Waals surface area contributed by atoms with Gasteiger partial charge in [0.25, 0.3) is 5.89 Å². The van der Waals surface area contributed by atoms with E-state index in [4.69, 9.17) is 9.52 Å². The molecule has 0 aliphatic carbocycles. The lowest BCUT2D eigenvalue weighted by Gasteiger charge is -2.04. The third kappa shape index (κ3) is 4.02. The van der Waals surface area contributed by atoms with E-state index in [0.717, 1.165) is 17.2 Å². The lowest BCUT2D eigenvalue weighted by molar-refractivity contribution is 0.116. The Labute approximate surface area is 162 Å². The number of rotatable bonds is 6. The molecule has 7 nitrogen and oxygen atoms in total. The van der Waals surface area contributed by atoms with Crippen LogP contribution in [0.2, 0.25) is 0 Å². The van der Waals surface area contributed by atoms with E-state index in [1.165, 1.54) is 16.8 Å². The predicted octanol–water partition coefficient (Wildman–Crippen LogP) is 3.61. The van der Waals surface area contributed by atoms with Crippen molar-refractivity contribution in [1.29, 1.82) is 0 Å². The van der Waals surface area contributed by atoms with Gasteiger partial charge < -0.3 is 9.52 Å². The minimum absolute atomic E-state index is 0.0463. The fourth-order valence-electron chi connectivity index (χ4n) is 2.71. The van der Waals surface area contributed by atoms with E-state index in [1.807, 2.05) is 12.1 Å². The van der Waals surface area contributed by atoms with Gasteiger partial charge in [-0.2, -0.15) is 8.78 Å². The van der Waals surface area contributed by atoms with Crippen molar-refractivity contribution < 1.29 is 22.7 Å². The maximum absolute atomic E-state index is 14.5. The van der Waals surface area contributed by atoms with Gasteiger partial charge in [0.15, 0.2) is 0 Å². The van der Waals surface area contributed by atoms with Crippen molar-refractivity contribution >= 4 is 0 Å². The summed E-state index contributed by atoms with van der Waals surface area (Å²) in [6, 6.07) is 11.3. The van der Waals surface area contributed by atoms with Crippen molar-refractivity contribution in [2.75, 3.05) is 0 Å². The van der Waals surface area contributed by atoms with E-state index < -0.39 is 18.1 Å². The Kier molecular flexibility index (Phi) is 5.09. The van der Waals surface area contributed by atoms with Gasteiger partial charge in [-0.3, -0.25) is 0 Å². The molecule has 0 unspecified atom stereocenters. The molecule has 0 spiro atoms. The lowest BCUT2D eigenvalue weighted by Crippen LogP contribution is -2.03. The van der Waals surface area contributed by atoms with Crippen LogP contribution in [-0.2, 0) is 13.2 Å². The molecule has 0 aliphatic heterocycles. The number of hydrogen-bond donors (Lipinski definition) is 1. The molecule has 0 aliphatic rings. The molecule has 0 bridgehead atoms. The van der Waals surface area contributed by atoms with Gasteiger partial charge in [-0.15, -0.1) is 15.3 Å². The summed E-state index contributed by atoms with van der Waals surface area (Å²) in [5, 5.41) is 23.9. The van der Waals surface area contributed by atoms with E-state index in [2.05, 4.69) is 20.5 Å². The van der Waals surface area contributed by atoms with Crippen LogP contribution < -0.4 is 0 Å². The molecule has 148 valence electrons. The number of aliphatic hydroxyl groups excluding tert-OH is 1. The molecular formula is C19H14F3N5O2. The highest BCUT2D eigenvalue weighted by Gasteiger charge is 2.18. The highest BCUT2D eigenvalue weighted by molar-refractivity contribution is 5.58. The summed E-state index contributed by atoms with van der Waals surface area (Å²) in [7, 11) is 0. The molecule has 0 radical (unpaired) electrons. The van der Waals surface area contributed by atoms with Crippen LogP contribution >= 0.6 is 0 Å². The molecule has 10 heteroatoms. The zero-order chi connectivity index (χ0) is 20.4. The second kappa shape index (κ2) is 7.84. The van der Waals surface area contributed by atoms with Crippen LogP contribution in [0, 0.1) is 5.82 Å². The van der Waals surface area contributed by atoms with Gasteiger partial charge in [0.1, 0.15) is 11.5 Å². The van der Waals surface area contributed by atoms with E-state index >= 15 is 0 Å². The second-order valence-electron chi connectivity index (χ2n) is 6.21. The van der Waals surface area contributed by atoms with E-state index in [-0.39, 0.29) is 24.6 Å². The van der Waals surface area contributed by atoms with Crippen molar-refractivity contribution in [2.45, 2.75) is 19.6 Å². The molecule has 29 heavy (non-hydrogen) atoms. The topological polar surface area (TPSA) is 89.9 Å². The van der Waals surface area contributed by atoms with Crippen LogP contribution in [0.5, 0.6) is 0 Å². The summed E-state index contributed by atoms with van der Waals surface area (Å²) in [5.41, 5.74) is 2.74. The maximum atomic E-state index is 14.5. The average molecular weight is 401 g/mol. The Morgan fingerprint density at radius 2 is 1.76 bits per heavy atom. The van der Waals surface area contributed by atoms with Crippen molar-refractivity contribution in [3.63, 3.8) is 0 Å². The molecule has 0 saturated heterocycles. The quantitative estimate of drug-likeness (QED) is 0.531. The molecule has 2 aromatic carbocycles. The molecule has 4 rings (SSSR count). The van der Waals surface area contributed by atoms with Gasteiger partial charge in [0.05, 0.1) is 19.3 Å². The first-order valence-corrected chi connectivity index (χ1v) is 8.54. The number of hydrogen-bond acceptors (Lipinski definition) is 6. The number of halogens is 3. The van der Waals surface area contributed by atoms with Crippen molar-refractivity contribution in [3.05, 3.63) is 71.5 Å². The van der Waals surface area contributed by atoms with Crippen LogP contribution in [0.15, 0.2) is 53.1 Å². The summed E-state index contributed by atoms with van der Waals surface area (Å²) >= 11 is 0. The zero-order valence-electron chi connectivity index (χ0n) is 14.8. The van der Waals surface area contributed by atoms with E-state index in [1.54, 1.807) is 18.3 Å². The Morgan fingerprint density at radius 1 is 1.00 bits per heavy atom. The molecule has 1 N–H and O–H groups in total. The van der Waals surface area contributed by atoms with Gasteiger partial charge in [0.2, 0.25) is 5.89 Å². The number of aliphatic hydroxyl groups is 1. The Morgan fingerprint density at radius 3 is 2.41 bits per heavy atom. The Bertz CT molecular complexity index is 1130. The summed E-state index contributed by atoms with van der Waals surface area (Å²) < 4.78 is 45.9.